The molecule has 2 aromatic heterocycles. The fraction of sp³-hybridized carbons (Fsp3) is 0.129. The van der Waals surface area contributed by atoms with Crippen LogP contribution in [0, 0.1) is 0 Å². The monoisotopic (exact) mass is 535 g/mol. The lowest BCUT2D eigenvalue weighted by Gasteiger charge is -2.17. The summed E-state index contributed by atoms with van der Waals surface area (Å²) in [6.07, 6.45) is 4.23. The summed E-state index contributed by atoms with van der Waals surface area (Å²) in [6, 6.07) is 20.5. The van der Waals surface area contributed by atoms with Crippen LogP contribution in [0.5, 0.6) is 0 Å². The Labute approximate surface area is 231 Å². The van der Waals surface area contributed by atoms with Gasteiger partial charge in [-0.25, -0.2) is 0 Å². The molecule has 40 heavy (non-hydrogen) atoms. The van der Waals surface area contributed by atoms with E-state index in [1.165, 1.54) is 6.20 Å². The molecule has 0 aliphatic heterocycles. The van der Waals surface area contributed by atoms with Crippen LogP contribution in [0.4, 0.5) is 11.4 Å². The average molecular weight is 536 g/mol. The molecule has 2 heterocycles. The summed E-state index contributed by atoms with van der Waals surface area (Å²) in [5.41, 5.74) is 3.18. The Bertz CT molecular complexity index is 1610. The number of aromatic nitrogens is 2. The van der Waals surface area contributed by atoms with Crippen LogP contribution in [0.1, 0.15) is 28.4 Å². The summed E-state index contributed by atoms with van der Waals surface area (Å²) in [5, 5.41) is 8.20. The number of amides is 2. The highest BCUT2D eigenvalue weighted by Gasteiger charge is 2.17. The lowest BCUT2D eigenvalue weighted by atomic mass is 10.0. The number of carbonyl (C=O) groups excluding carboxylic acids is 3. The number of rotatable bonds is 10. The van der Waals surface area contributed by atoms with Gasteiger partial charge in [0.1, 0.15) is 5.69 Å². The zero-order chi connectivity index (χ0) is 28.6. The molecule has 0 radical (unpaired) electrons. The highest BCUT2D eigenvalue weighted by molar-refractivity contribution is 6.09. The number of benzene rings is 2. The third-order valence-electron chi connectivity index (χ3n) is 6.33. The van der Waals surface area contributed by atoms with Crippen LogP contribution < -0.4 is 21.5 Å². The maximum Gasteiger partial charge on any atom is 0.275 e. The topological polar surface area (TPSA) is 122 Å². The highest BCUT2D eigenvalue weighted by Crippen LogP contribution is 2.21. The summed E-state index contributed by atoms with van der Waals surface area (Å²) >= 11 is 0. The zero-order valence-electron chi connectivity index (χ0n) is 22.2. The second-order valence-electron chi connectivity index (χ2n) is 9.07. The molecule has 0 aliphatic carbocycles. The smallest absolute Gasteiger partial charge is 0.275 e. The van der Waals surface area contributed by atoms with Crippen LogP contribution in [0.15, 0.2) is 103 Å². The SMILES string of the molecule is C=CC(=O)Nc1ccc(C(=O)c2cncc(Cn3c(-c4ccccc4)ccc(NC(=O)[C@H](C)NC)c3=O)c2)cc1. The molecule has 2 aromatic carbocycles. The second kappa shape index (κ2) is 12.6. The standard InChI is InChI=1S/C31H29N5O4/c1-4-28(37)34-25-12-10-23(11-13-25)29(38)24-16-21(17-33-18-24)19-36-27(22-8-6-5-7-9-22)15-14-26(31(36)40)35-30(39)20(2)32-3/h4-18,20,32H,1,19H2,2-3H3,(H,34,37)(H,35,39)/t20-/m0/s1. The molecule has 0 saturated carbocycles. The zero-order valence-corrected chi connectivity index (χ0v) is 22.2. The van der Waals surface area contributed by atoms with Crippen LogP contribution in [0.2, 0.25) is 0 Å². The van der Waals surface area contributed by atoms with Crippen molar-refractivity contribution >= 4 is 29.0 Å². The van der Waals surface area contributed by atoms with E-state index in [1.807, 2.05) is 30.3 Å². The summed E-state index contributed by atoms with van der Waals surface area (Å²) in [6.45, 7) is 5.24. The molecule has 0 unspecified atom stereocenters. The van der Waals surface area contributed by atoms with E-state index in [0.29, 0.717) is 28.1 Å². The molecule has 9 nitrogen and oxygen atoms in total. The normalized spacial score (nSPS) is 11.3. The molecule has 0 bridgehead atoms. The molecule has 4 rings (SSSR count). The Kier molecular flexibility index (Phi) is 8.78. The van der Waals surface area contributed by atoms with Gasteiger partial charge in [0.2, 0.25) is 11.8 Å². The maximum atomic E-state index is 13.6. The van der Waals surface area contributed by atoms with Crippen molar-refractivity contribution in [2.45, 2.75) is 19.5 Å². The van der Waals surface area contributed by atoms with E-state index in [4.69, 9.17) is 0 Å². The summed E-state index contributed by atoms with van der Waals surface area (Å²) < 4.78 is 1.55. The number of anilines is 2. The van der Waals surface area contributed by atoms with Crippen LogP contribution in [-0.2, 0) is 16.1 Å². The van der Waals surface area contributed by atoms with Crippen molar-refractivity contribution in [2.75, 3.05) is 17.7 Å². The Morgan fingerprint density at radius 2 is 1.68 bits per heavy atom. The van der Waals surface area contributed by atoms with E-state index in [2.05, 4.69) is 27.5 Å². The van der Waals surface area contributed by atoms with Gasteiger partial charge in [0.15, 0.2) is 5.78 Å². The minimum absolute atomic E-state index is 0.120. The predicted octanol–water partition coefficient (Wildman–Crippen LogP) is 3.86. The first kappa shape index (κ1) is 27.9. The second-order valence-corrected chi connectivity index (χ2v) is 9.07. The van der Waals surface area contributed by atoms with E-state index < -0.39 is 6.04 Å². The molecule has 4 aromatic rings. The van der Waals surface area contributed by atoms with Gasteiger partial charge < -0.3 is 20.5 Å². The van der Waals surface area contributed by atoms with Crippen LogP contribution in [0.3, 0.4) is 0 Å². The van der Waals surface area contributed by atoms with Crippen LogP contribution in [-0.4, -0.2) is 40.2 Å². The first-order chi connectivity index (χ1) is 19.3. The van der Waals surface area contributed by atoms with E-state index in [9.17, 15) is 19.2 Å². The number of hydrogen-bond acceptors (Lipinski definition) is 6. The lowest BCUT2D eigenvalue weighted by molar-refractivity contribution is -0.117. The van der Waals surface area contributed by atoms with Gasteiger partial charge in [-0.3, -0.25) is 24.2 Å². The van der Waals surface area contributed by atoms with Crippen molar-refractivity contribution in [3.05, 3.63) is 125 Å². The van der Waals surface area contributed by atoms with E-state index in [1.54, 1.807) is 67.2 Å². The number of hydrogen-bond donors (Lipinski definition) is 3. The molecule has 2 amide bonds. The third kappa shape index (κ3) is 6.46. The number of pyridine rings is 2. The fourth-order valence-corrected chi connectivity index (χ4v) is 4.01. The molecule has 9 heteroatoms. The van der Waals surface area contributed by atoms with Crippen molar-refractivity contribution in [3.63, 3.8) is 0 Å². The molecule has 0 spiro atoms. The van der Waals surface area contributed by atoms with Crippen LogP contribution >= 0.6 is 0 Å². The molecule has 202 valence electrons. The number of carbonyl (C=O) groups is 3. The summed E-state index contributed by atoms with van der Waals surface area (Å²) in [5.74, 6) is -0.933. The van der Waals surface area contributed by atoms with Gasteiger partial charge in [-0.1, -0.05) is 36.9 Å². The van der Waals surface area contributed by atoms with Crippen molar-refractivity contribution in [1.82, 2.24) is 14.9 Å². The van der Waals surface area contributed by atoms with Crippen molar-refractivity contribution in [3.8, 4) is 11.3 Å². The minimum Gasteiger partial charge on any atom is -0.323 e. The quantitative estimate of drug-likeness (QED) is 0.209. The largest absolute Gasteiger partial charge is 0.323 e. The number of likely N-dealkylation sites (N-methyl/N-ethyl adjacent to an activating group) is 1. The van der Waals surface area contributed by atoms with Gasteiger partial charge in [0.25, 0.3) is 5.56 Å². The van der Waals surface area contributed by atoms with Gasteiger partial charge >= 0.3 is 0 Å². The van der Waals surface area contributed by atoms with Crippen LogP contribution in [0.25, 0.3) is 11.3 Å². The van der Waals surface area contributed by atoms with E-state index >= 15 is 0 Å². The Morgan fingerprint density at radius 1 is 0.950 bits per heavy atom. The Hall–Kier alpha value is -5.15. The number of nitrogens with zero attached hydrogens (tertiary/aromatic N) is 2. The van der Waals surface area contributed by atoms with Crippen molar-refractivity contribution in [2.24, 2.45) is 0 Å². The summed E-state index contributed by atoms with van der Waals surface area (Å²) in [4.78, 5) is 55.0. The minimum atomic E-state index is -0.485. The highest BCUT2D eigenvalue weighted by atomic mass is 16.2. The fourth-order valence-electron chi connectivity index (χ4n) is 4.01. The molecule has 0 fully saturated rings. The van der Waals surface area contributed by atoms with Gasteiger partial charge in [-0.05, 0) is 73.6 Å². The predicted molar refractivity (Wildman–Crippen MR) is 155 cm³/mol. The Balaban J connectivity index is 1.66. The van der Waals surface area contributed by atoms with Gasteiger partial charge in [-0.2, -0.15) is 0 Å². The van der Waals surface area contributed by atoms with Gasteiger partial charge in [0.05, 0.1) is 18.3 Å². The molecule has 0 aliphatic rings. The maximum absolute atomic E-state index is 13.6. The number of nitrogens with one attached hydrogen (secondary N) is 3. The van der Waals surface area contributed by atoms with Gasteiger partial charge in [-0.15, -0.1) is 0 Å². The summed E-state index contributed by atoms with van der Waals surface area (Å²) in [7, 11) is 1.66. The molecular weight excluding hydrogens is 506 g/mol. The lowest BCUT2D eigenvalue weighted by Crippen LogP contribution is -2.37. The van der Waals surface area contributed by atoms with Crippen molar-refractivity contribution < 1.29 is 14.4 Å². The van der Waals surface area contributed by atoms with E-state index in [-0.39, 0.29) is 35.4 Å². The average Bonchev–Trinajstić information content (AvgIpc) is 2.99. The van der Waals surface area contributed by atoms with Crippen molar-refractivity contribution in [1.29, 1.82) is 0 Å². The Morgan fingerprint density at radius 3 is 2.35 bits per heavy atom. The number of ketones is 1. The van der Waals surface area contributed by atoms with Gasteiger partial charge in [0, 0.05) is 29.2 Å². The molecule has 0 saturated heterocycles. The van der Waals surface area contributed by atoms with E-state index in [0.717, 1.165) is 11.6 Å². The molecule has 3 N–H and O–H groups in total. The first-order valence-electron chi connectivity index (χ1n) is 12.6. The first-order valence-corrected chi connectivity index (χ1v) is 12.6. The molecule has 1 atom stereocenters. The molecular formula is C31H29N5O4. The third-order valence-corrected chi connectivity index (χ3v) is 6.33.